The van der Waals surface area contributed by atoms with Gasteiger partial charge in [0, 0.05) is 25.2 Å². The highest BCUT2D eigenvalue weighted by Crippen LogP contribution is 2.16. The first-order valence-electron chi connectivity index (χ1n) is 6.85. The molecule has 0 radical (unpaired) electrons. The van der Waals surface area contributed by atoms with Gasteiger partial charge < -0.3 is 10.2 Å². The first-order valence-corrected chi connectivity index (χ1v) is 6.85. The SMILES string of the molecule is CCN1CCC(CNCc2cccc([N+](=O)[O-])c2)C1. The molecule has 1 atom stereocenters. The van der Waals surface area contributed by atoms with Crippen molar-refractivity contribution in [1.29, 1.82) is 0 Å². The van der Waals surface area contributed by atoms with Gasteiger partial charge in [-0.1, -0.05) is 19.1 Å². The summed E-state index contributed by atoms with van der Waals surface area (Å²) in [6.45, 7) is 7.36. The van der Waals surface area contributed by atoms with Crippen LogP contribution in [0.2, 0.25) is 0 Å². The van der Waals surface area contributed by atoms with Gasteiger partial charge in [-0.2, -0.15) is 0 Å². The van der Waals surface area contributed by atoms with E-state index in [1.807, 2.05) is 6.07 Å². The van der Waals surface area contributed by atoms with Crippen LogP contribution < -0.4 is 5.32 Å². The molecule has 0 saturated carbocycles. The van der Waals surface area contributed by atoms with E-state index in [2.05, 4.69) is 17.1 Å². The van der Waals surface area contributed by atoms with Gasteiger partial charge in [-0.25, -0.2) is 0 Å². The van der Waals surface area contributed by atoms with Crippen molar-refractivity contribution in [2.24, 2.45) is 5.92 Å². The first-order chi connectivity index (χ1) is 9.19. The Morgan fingerprint density at radius 2 is 2.37 bits per heavy atom. The Hall–Kier alpha value is -1.46. The van der Waals surface area contributed by atoms with E-state index in [0.717, 1.165) is 18.7 Å². The molecule has 1 aliphatic rings. The summed E-state index contributed by atoms with van der Waals surface area (Å²) in [4.78, 5) is 12.8. The van der Waals surface area contributed by atoms with Crippen molar-refractivity contribution in [2.75, 3.05) is 26.2 Å². The van der Waals surface area contributed by atoms with Gasteiger partial charge in [0.1, 0.15) is 0 Å². The average Bonchev–Trinajstić information content (AvgIpc) is 2.87. The summed E-state index contributed by atoms with van der Waals surface area (Å²) in [7, 11) is 0. The van der Waals surface area contributed by atoms with Crippen molar-refractivity contribution in [3.63, 3.8) is 0 Å². The van der Waals surface area contributed by atoms with Gasteiger partial charge in [-0.15, -0.1) is 0 Å². The summed E-state index contributed by atoms with van der Waals surface area (Å²) < 4.78 is 0. The van der Waals surface area contributed by atoms with Crippen LogP contribution in [0.1, 0.15) is 18.9 Å². The topological polar surface area (TPSA) is 58.4 Å². The number of hydrogen-bond donors (Lipinski definition) is 1. The van der Waals surface area contributed by atoms with Crippen molar-refractivity contribution in [2.45, 2.75) is 19.9 Å². The zero-order chi connectivity index (χ0) is 13.7. The zero-order valence-corrected chi connectivity index (χ0v) is 11.3. The molecule has 2 rings (SSSR count). The number of hydrogen-bond acceptors (Lipinski definition) is 4. The number of rotatable bonds is 6. The monoisotopic (exact) mass is 263 g/mol. The highest BCUT2D eigenvalue weighted by Gasteiger charge is 2.20. The van der Waals surface area contributed by atoms with E-state index in [0.29, 0.717) is 12.5 Å². The Labute approximate surface area is 113 Å². The summed E-state index contributed by atoms with van der Waals surface area (Å²) in [5.41, 5.74) is 1.14. The van der Waals surface area contributed by atoms with Crippen molar-refractivity contribution < 1.29 is 4.92 Å². The number of nitro groups is 1. The van der Waals surface area contributed by atoms with Gasteiger partial charge in [-0.3, -0.25) is 10.1 Å². The lowest BCUT2D eigenvalue weighted by atomic mass is 10.1. The smallest absolute Gasteiger partial charge is 0.269 e. The van der Waals surface area contributed by atoms with Crippen LogP contribution in [0.4, 0.5) is 5.69 Å². The summed E-state index contributed by atoms with van der Waals surface area (Å²) in [5.74, 6) is 0.707. The lowest BCUT2D eigenvalue weighted by Crippen LogP contribution is -2.26. The van der Waals surface area contributed by atoms with Crippen LogP contribution in [0.5, 0.6) is 0 Å². The predicted molar refractivity (Wildman–Crippen MR) is 75.0 cm³/mol. The summed E-state index contributed by atoms with van der Waals surface area (Å²) in [6, 6.07) is 6.83. The molecular formula is C14H21N3O2. The molecule has 0 bridgehead atoms. The van der Waals surface area contributed by atoms with Gasteiger partial charge in [0.05, 0.1) is 4.92 Å². The fourth-order valence-electron chi connectivity index (χ4n) is 2.57. The third-order valence-electron chi connectivity index (χ3n) is 3.70. The minimum atomic E-state index is -0.348. The summed E-state index contributed by atoms with van der Waals surface area (Å²) in [6.07, 6.45) is 1.25. The lowest BCUT2D eigenvalue weighted by molar-refractivity contribution is -0.384. The zero-order valence-electron chi connectivity index (χ0n) is 11.3. The van der Waals surface area contributed by atoms with Crippen LogP contribution in [0, 0.1) is 16.0 Å². The van der Waals surface area contributed by atoms with Crippen molar-refractivity contribution in [3.05, 3.63) is 39.9 Å². The molecule has 1 aliphatic heterocycles. The predicted octanol–water partition coefficient (Wildman–Crippen LogP) is 2.03. The number of nitrogens with one attached hydrogen (secondary N) is 1. The molecule has 1 heterocycles. The quantitative estimate of drug-likeness (QED) is 0.630. The molecule has 1 N–H and O–H groups in total. The van der Waals surface area contributed by atoms with Crippen LogP contribution in [-0.2, 0) is 6.54 Å². The van der Waals surface area contributed by atoms with E-state index in [-0.39, 0.29) is 10.6 Å². The molecule has 1 aromatic carbocycles. The third-order valence-corrected chi connectivity index (χ3v) is 3.70. The Morgan fingerprint density at radius 3 is 3.05 bits per heavy atom. The molecule has 1 saturated heterocycles. The maximum atomic E-state index is 10.7. The van der Waals surface area contributed by atoms with Gasteiger partial charge in [-0.05, 0) is 37.5 Å². The molecule has 0 aliphatic carbocycles. The maximum absolute atomic E-state index is 10.7. The van der Waals surface area contributed by atoms with E-state index in [1.54, 1.807) is 12.1 Å². The van der Waals surface area contributed by atoms with E-state index in [4.69, 9.17) is 0 Å². The van der Waals surface area contributed by atoms with Crippen molar-refractivity contribution in [3.8, 4) is 0 Å². The number of likely N-dealkylation sites (tertiary alicyclic amines) is 1. The van der Waals surface area contributed by atoms with Crippen molar-refractivity contribution in [1.82, 2.24) is 10.2 Å². The Balaban J connectivity index is 1.77. The van der Waals surface area contributed by atoms with Crippen molar-refractivity contribution >= 4 is 5.69 Å². The average molecular weight is 263 g/mol. The molecule has 1 unspecified atom stereocenters. The first kappa shape index (κ1) is 14.0. The standard InChI is InChI=1S/C14H21N3O2/c1-2-16-7-6-13(11-16)10-15-9-12-4-3-5-14(8-12)17(18)19/h3-5,8,13,15H,2,6-7,9-11H2,1H3. The largest absolute Gasteiger partial charge is 0.312 e. The summed E-state index contributed by atoms with van der Waals surface area (Å²) >= 11 is 0. The second-order valence-electron chi connectivity index (χ2n) is 5.11. The molecule has 0 spiro atoms. The van der Waals surface area contributed by atoms with Crippen LogP contribution in [0.3, 0.4) is 0 Å². The van der Waals surface area contributed by atoms with Gasteiger partial charge in [0.2, 0.25) is 0 Å². The van der Waals surface area contributed by atoms with Crippen LogP contribution in [0.15, 0.2) is 24.3 Å². The molecular weight excluding hydrogens is 242 g/mol. The number of nitrogens with zero attached hydrogens (tertiary/aromatic N) is 2. The number of benzene rings is 1. The molecule has 1 fully saturated rings. The molecule has 19 heavy (non-hydrogen) atoms. The molecule has 5 heteroatoms. The van der Waals surface area contributed by atoms with Crippen LogP contribution in [0.25, 0.3) is 0 Å². The van der Waals surface area contributed by atoms with E-state index >= 15 is 0 Å². The Morgan fingerprint density at radius 1 is 1.53 bits per heavy atom. The highest BCUT2D eigenvalue weighted by atomic mass is 16.6. The molecule has 0 aromatic heterocycles. The van der Waals surface area contributed by atoms with Gasteiger partial charge in [0.25, 0.3) is 5.69 Å². The van der Waals surface area contributed by atoms with E-state index in [9.17, 15) is 10.1 Å². The van der Waals surface area contributed by atoms with Crippen LogP contribution in [-0.4, -0.2) is 36.0 Å². The number of nitro benzene ring substituents is 1. The lowest BCUT2D eigenvalue weighted by Gasteiger charge is -2.13. The maximum Gasteiger partial charge on any atom is 0.269 e. The number of non-ortho nitro benzene ring substituents is 1. The minimum Gasteiger partial charge on any atom is -0.312 e. The normalized spacial score (nSPS) is 19.7. The fourth-order valence-corrected chi connectivity index (χ4v) is 2.57. The van der Waals surface area contributed by atoms with Gasteiger partial charge >= 0.3 is 0 Å². The molecule has 0 amide bonds. The highest BCUT2D eigenvalue weighted by molar-refractivity contribution is 5.34. The minimum absolute atomic E-state index is 0.164. The molecule has 1 aromatic rings. The molecule has 104 valence electrons. The fraction of sp³-hybridized carbons (Fsp3) is 0.571. The van der Waals surface area contributed by atoms with Crippen LogP contribution >= 0.6 is 0 Å². The second-order valence-corrected chi connectivity index (χ2v) is 5.11. The van der Waals surface area contributed by atoms with E-state index in [1.165, 1.54) is 25.6 Å². The summed E-state index contributed by atoms with van der Waals surface area (Å²) in [5, 5.41) is 14.1. The second kappa shape index (κ2) is 6.63. The van der Waals surface area contributed by atoms with E-state index < -0.39 is 0 Å². The Kier molecular flexibility index (Phi) is 4.87. The van der Waals surface area contributed by atoms with Gasteiger partial charge in [0.15, 0.2) is 0 Å². The Bertz CT molecular complexity index is 436. The molecule has 5 nitrogen and oxygen atoms in total. The third kappa shape index (κ3) is 4.01.